The van der Waals surface area contributed by atoms with E-state index in [1.54, 1.807) is 0 Å². The molecule has 0 unspecified atom stereocenters. The van der Waals surface area contributed by atoms with Crippen LogP contribution in [0, 0.1) is 0 Å². The summed E-state index contributed by atoms with van der Waals surface area (Å²) in [5, 5.41) is 10.4. The summed E-state index contributed by atoms with van der Waals surface area (Å²) in [5.41, 5.74) is 9.36. The Morgan fingerprint density at radius 3 is 2.22 bits per heavy atom. The Bertz CT molecular complexity index is 128. The van der Waals surface area contributed by atoms with Gasteiger partial charge in [0.1, 0.15) is 0 Å². The molecule has 50 valence electrons. The maximum Gasteiger partial charge on any atom is 2.00 e. The van der Waals surface area contributed by atoms with E-state index in [0.717, 1.165) is 0 Å². The van der Waals surface area contributed by atoms with Crippen LogP contribution in [-0.4, -0.2) is 55.0 Å². The molecule has 0 fully saturated rings. The van der Waals surface area contributed by atoms with Gasteiger partial charge in [-0.15, -0.1) is 0 Å². The van der Waals surface area contributed by atoms with Gasteiger partial charge >= 0.3 is 43.9 Å². The Morgan fingerprint density at radius 1 is 1.67 bits per heavy atom. The van der Waals surface area contributed by atoms with Crippen LogP contribution in [0.4, 0.5) is 4.79 Å². The van der Waals surface area contributed by atoms with Gasteiger partial charge in [-0.3, -0.25) is 4.84 Å². The Kier molecular flexibility index (Phi) is 7.63. The first-order chi connectivity index (χ1) is 3.63. The van der Waals surface area contributed by atoms with Crippen LogP contribution >= 0.6 is 0 Å². The third kappa shape index (κ3) is 11.4. The van der Waals surface area contributed by atoms with Crippen LogP contribution in [0.3, 0.4) is 0 Å². The quantitative estimate of drug-likeness (QED) is 0.146. The van der Waals surface area contributed by atoms with Crippen LogP contribution in [0.25, 0.3) is 0 Å². The van der Waals surface area contributed by atoms with Gasteiger partial charge < -0.3 is 19.4 Å². The van der Waals surface area contributed by atoms with Crippen LogP contribution in [-0.2, 0) is 4.84 Å². The predicted octanol–water partition coefficient (Wildman–Crippen LogP) is -1.29. The second-order valence-electron chi connectivity index (χ2n) is 0.873. The summed E-state index contributed by atoms with van der Waals surface area (Å²) in [4.78, 5) is 13.0. The molecule has 9 heavy (non-hydrogen) atoms. The topological polar surface area (TPSA) is 111 Å². The number of hydrogen-bond donors (Lipinski definition) is 3. The number of nitrogens with zero attached hydrogens (tertiary/aromatic N) is 1. The van der Waals surface area contributed by atoms with E-state index < -0.39 is 12.1 Å². The fourth-order valence-corrected chi connectivity index (χ4v) is 0.0918. The van der Waals surface area contributed by atoms with Crippen molar-refractivity contribution in [1.82, 2.24) is 0 Å². The first-order valence-corrected chi connectivity index (χ1v) is 1.62. The molecule has 0 heterocycles. The van der Waals surface area contributed by atoms with E-state index in [-0.39, 0.29) is 40.6 Å². The molecule has 0 aromatic rings. The maximum atomic E-state index is 9.46. The molecule has 0 atom stereocenters. The Hall–Kier alpha value is -0.200. The fourth-order valence-electron chi connectivity index (χ4n) is 0.0918. The van der Waals surface area contributed by atoms with Gasteiger partial charge in [0.15, 0.2) is 0 Å². The predicted molar refractivity (Wildman–Crippen MR) is 32.9 cm³/mol. The number of carboxylic acid groups (broad SMARTS) is 1. The van der Waals surface area contributed by atoms with E-state index >= 15 is 0 Å². The van der Waals surface area contributed by atoms with Crippen molar-refractivity contribution in [3.63, 3.8) is 0 Å². The van der Waals surface area contributed by atoms with Crippen molar-refractivity contribution in [1.29, 1.82) is 0 Å². The number of hydrogen-bond acceptors (Lipinski definition) is 3. The van der Waals surface area contributed by atoms with Gasteiger partial charge in [0.25, 0.3) is 0 Å². The summed E-state index contributed by atoms with van der Waals surface area (Å²) in [7, 11) is 0. The SMILES string of the molecule is NC(N)=NOC(=O)O.[Ca+2].[H-].[H-]. The fraction of sp³-hybridized carbons (Fsp3) is 0. The molecule has 0 amide bonds. The molecular formula is C2H7CaN3O3. The second kappa shape index (κ2) is 5.93. The zero-order valence-corrected chi connectivity index (χ0v) is 6.78. The van der Waals surface area contributed by atoms with E-state index in [4.69, 9.17) is 5.11 Å². The molecular weight excluding hydrogens is 154 g/mol. The average Bonchev–Trinajstić information content (AvgIpc) is 1.61. The molecule has 0 rings (SSSR count). The Balaban J connectivity index is -0.0000000817. The van der Waals surface area contributed by atoms with E-state index in [0.29, 0.717) is 0 Å². The van der Waals surface area contributed by atoms with Crippen molar-refractivity contribution in [2.75, 3.05) is 0 Å². The van der Waals surface area contributed by atoms with Crippen molar-refractivity contribution >= 4 is 49.9 Å². The molecule has 6 nitrogen and oxygen atoms in total. The molecule has 0 saturated heterocycles. The van der Waals surface area contributed by atoms with E-state index in [1.165, 1.54) is 0 Å². The van der Waals surface area contributed by atoms with E-state index in [9.17, 15) is 4.79 Å². The van der Waals surface area contributed by atoms with E-state index in [2.05, 4.69) is 21.5 Å². The third-order valence-electron chi connectivity index (χ3n) is 0.229. The molecule has 7 heteroatoms. The minimum absolute atomic E-state index is 0. The standard InChI is InChI=1S/C2H5N3O3.Ca.2H/c3-1(4)5-8-2(6)7;;;/h(H,6,7)(H4,3,4,5);;;/q;+2;2*-1. The summed E-state index contributed by atoms with van der Waals surface area (Å²) in [6.45, 7) is 0. The molecule has 0 aliphatic carbocycles. The maximum absolute atomic E-state index is 9.46. The molecule has 5 N–H and O–H groups in total. The smallest absolute Gasteiger partial charge is 1.00 e. The number of oxime groups is 1. The Morgan fingerprint density at radius 2 is 2.11 bits per heavy atom. The molecule has 0 radical (unpaired) electrons. The third-order valence-corrected chi connectivity index (χ3v) is 0.229. The van der Waals surface area contributed by atoms with Crippen LogP contribution < -0.4 is 11.5 Å². The van der Waals surface area contributed by atoms with Crippen molar-refractivity contribution in [3.8, 4) is 0 Å². The number of guanidine groups is 1. The summed E-state index contributed by atoms with van der Waals surface area (Å²) in [6.07, 6.45) is -1.54. The molecule has 0 bridgehead atoms. The van der Waals surface area contributed by atoms with Gasteiger partial charge in [-0.1, -0.05) is 0 Å². The molecule has 0 saturated carbocycles. The summed E-state index contributed by atoms with van der Waals surface area (Å²) in [6, 6.07) is 0. The van der Waals surface area contributed by atoms with Crippen LogP contribution in [0.2, 0.25) is 0 Å². The number of carbonyl (C=O) groups is 1. The number of rotatable bonds is 1. The van der Waals surface area contributed by atoms with Crippen LogP contribution in [0.1, 0.15) is 2.85 Å². The second-order valence-corrected chi connectivity index (χ2v) is 0.873. The zero-order valence-electron chi connectivity index (χ0n) is 6.57. The monoisotopic (exact) mass is 161 g/mol. The van der Waals surface area contributed by atoms with Crippen molar-refractivity contribution in [3.05, 3.63) is 0 Å². The van der Waals surface area contributed by atoms with Crippen molar-refractivity contribution in [2.45, 2.75) is 0 Å². The normalized spacial score (nSPS) is 6.67. The average molecular weight is 161 g/mol. The van der Waals surface area contributed by atoms with Gasteiger partial charge in [0.2, 0.25) is 5.96 Å². The summed E-state index contributed by atoms with van der Waals surface area (Å²) in [5.74, 6) is -0.424. The van der Waals surface area contributed by atoms with Crippen LogP contribution in [0.5, 0.6) is 0 Å². The zero-order chi connectivity index (χ0) is 6.57. The van der Waals surface area contributed by atoms with Crippen molar-refractivity contribution < 1.29 is 17.6 Å². The van der Waals surface area contributed by atoms with Crippen LogP contribution in [0.15, 0.2) is 5.16 Å². The molecule has 0 aliphatic rings. The van der Waals surface area contributed by atoms with E-state index in [1.807, 2.05) is 0 Å². The minimum atomic E-state index is -1.54. The van der Waals surface area contributed by atoms with Gasteiger partial charge in [0, 0.05) is 0 Å². The van der Waals surface area contributed by atoms with Gasteiger partial charge in [-0.25, -0.2) is 4.79 Å². The largest absolute Gasteiger partial charge is 2.00 e. The molecule has 0 aromatic carbocycles. The first-order valence-electron chi connectivity index (χ1n) is 1.62. The van der Waals surface area contributed by atoms with Gasteiger partial charge in [-0.05, 0) is 5.16 Å². The number of nitrogens with two attached hydrogens (primary N) is 2. The Labute approximate surface area is 83.8 Å². The van der Waals surface area contributed by atoms with Gasteiger partial charge in [0.05, 0.1) is 0 Å². The molecule has 0 aromatic heterocycles. The minimum Gasteiger partial charge on any atom is -1.00 e. The molecule has 0 aliphatic heterocycles. The summed E-state index contributed by atoms with van der Waals surface area (Å²) >= 11 is 0. The first kappa shape index (κ1) is 11.6. The molecule has 0 spiro atoms. The van der Waals surface area contributed by atoms with Crippen molar-refractivity contribution in [2.24, 2.45) is 16.6 Å². The van der Waals surface area contributed by atoms with Gasteiger partial charge in [-0.2, -0.15) is 0 Å². The summed E-state index contributed by atoms with van der Waals surface area (Å²) < 4.78 is 0.